The van der Waals surface area contributed by atoms with Crippen LogP contribution in [0.2, 0.25) is 0 Å². The Labute approximate surface area is 142 Å². The van der Waals surface area contributed by atoms with Crippen molar-refractivity contribution in [2.24, 2.45) is 5.92 Å². The summed E-state index contributed by atoms with van der Waals surface area (Å²) in [5.74, 6) is 0.120. The molecule has 3 N–H and O–H groups in total. The summed E-state index contributed by atoms with van der Waals surface area (Å²) in [6, 6.07) is 7.55. The molecule has 2 saturated carbocycles. The van der Waals surface area contributed by atoms with Crippen molar-refractivity contribution in [3.8, 4) is 0 Å². The number of rotatable bonds is 6. The van der Waals surface area contributed by atoms with Crippen molar-refractivity contribution in [2.75, 3.05) is 5.32 Å². The van der Waals surface area contributed by atoms with Gasteiger partial charge in [-0.3, -0.25) is 9.59 Å². The van der Waals surface area contributed by atoms with Gasteiger partial charge in [0.05, 0.1) is 12.0 Å². The van der Waals surface area contributed by atoms with Gasteiger partial charge in [0, 0.05) is 18.2 Å². The maximum atomic E-state index is 12.0. The second-order valence-corrected chi connectivity index (χ2v) is 7.20. The molecule has 0 bridgehead atoms. The molecule has 2 fully saturated rings. The predicted octanol–water partition coefficient (Wildman–Crippen LogP) is 2.74. The van der Waals surface area contributed by atoms with E-state index in [0.717, 1.165) is 43.4 Å². The molecule has 0 spiro atoms. The molecule has 2 aliphatic rings. The highest BCUT2D eigenvalue weighted by molar-refractivity contribution is 5.93. The lowest BCUT2D eigenvalue weighted by Gasteiger charge is -2.24. The molecule has 0 aliphatic heterocycles. The number of aliphatic hydroxyl groups is 1. The van der Waals surface area contributed by atoms with Crippen molar-refractivity contribution in [1.29, 1.82) is 0 Å². The molecule has 5 nitrogen and oxygen atoms in total. The zero-order valence-electron chi connectivity index (χ0n) is 14.0. The Bertz CT molecular complexity index is 604. The molecule has 0 radical (unpaired) electrons. The Morgan fingerprint density at radius 1 is 1.17 bits per heavy atom. The lowest BCUT2D eigenvalue weighted by molar-refractivity contribution is -0.126. The van der Waals surface area contributed by atoms with Gasteiger partial charge in [-0.25, -0.2) is 0 Å². The van der Waals surface area contributed by atoms with E-state index in [1.165, 1.54) is 0 Å². The van der Waals surface area contributed by atoms with Crippen LogP contribution in [-0.2, 0) is 16.1 Å². The number of hydrogen-bond acceptors (Lipinski definition) is 3. The summed E-state index contributed by atoms with van der Waals surface area (Å²) in [7, 11) is 0. The van der Waals surface area contributed by atoms with Crippen molar-refractivity contribution >= 4 is 17.5 Å². The van der Waals surface area contributed by atoms with Gasteiger partial charge in [0.2, 0.25) is 11.8 Å². The first-order valence-corrected chi connectivity index (χ1v) is 8.93. The number of hydrogen-bond donors (Lipinski definition) is 3. The van der Waals surface area contributed by atoms with Crippen LogP contribution in [0.1, 0.15) is 56.9 Å². The quantitative estimate of drug-likeness (QED) is 0.750. The summed E-state index contributed by atoms with van der Waals surface area (Å²) < 4.78 is 0. The monoisotopic (exact) mass is 330 g/mol. The van der Waals surface area contributed by atoms with E-state index < -0.39 is 5.60 Å². The Morgan fingerprint density at radius 2 is 1.92 bits per heavy atom. The van der Waals surface area contributed by atoms with E-state index in [4.69, 9.17) is 0 Å². The molecular weight excluding hydrogens is 304 g/mol. The highest BCUT2D eigenvalue weighted by Gasteiger charge is 2.33. The van der Waals surface area contributed by atoms with Gasteiger partial charge in [-0.15, -0.1) is 0 Å². The van der Waals surface area contributed by atoms with Crippen molar-refractivity contribution in [1.82, 2.24) is 5.32 Å². The number of benzene rings is 1. The summed E-state index contributed by atoms with van der Waals surface area (Å²) in [6.45, 7) is 0.405. The van der Waals surface area contributed by atoms with Crippen molar-refractivity contribution in [2.45, 2.75) is 63.5 Å². The molecule has 0 unspecified atom stereocenters. The molecule has 130 valence electrons. The van der Waals surface area contributed by atoms with Crippen molar-refractivity contribution in [3.63, 3.8) is 0 Å². The Morgan fingerprint density at radius 3 is 2.58 bits per heavy atom. The maximum Gasteiger partial charge on any atom is 0.227 e. The third-order valence-electron chi connectivity index (χ3n) is 5.18. The van der Waals surface area contributed by atoms with Crippen molar-refractivity contribution in [3.05, 3.63) is 29.8 Å². The third kappa shape index (κ3) is 4.35. The fourth-order valence-corrected chi connectivity index (χ4v) is 3.45. The lowest BCUT2D eigenvalue weighted by atomic mass is 9.85. The van der Waals surface area contributed by atoms with Gasteiger partial charge < -0.3 is 15.7 Å². The van der Waals surface area contributed by atoms with Gasteiger partial charge in [-0.05, 0) is 43.4 Å². The van der Waals surface area contributed by atoms with Gasteiger partial charge >= 0.3 is 0 Å². The number of amides is 2. The Balaban J connectivity index is 1.49. The van der Waals surface area contributed by atoms with Crippen LogP contribution < -0.4 is 10.6 Å². The first kappa shape index (κ1) is 17.0. The summed E-state index contributed by atoms with van der Waals surface area (Å²) >= 11 is 0. The molecule has 0 heterocycles. The fraction of sp³-hybridized carbons (Fsp3) is 0.579. The molecule has 24 heavy (non-hydrogen) atoms. The normalized spacial score (nSPS) is 19.5. The van der Waals surface area contributed by atoms with Crippen LogP contribution in [0, 0.1) is 5.92 Å². The standard InChI is InChI=1S/C19H26N2O3/c22-17(12-19(24)9-1-2-10-19)20-13-14-5-3-8-16(11-14)21-18(23)15-6-4-7-15/h3,5,8,11,15,24H,1-2,4,6-7,9-10,12-13H2,(H,20,22)(H,21,23). The average Bonchev–Trinajstić information content (AvgIpc) is 2.90. The molecular formula is C19H26N2O3. The van der Waals surface area contributed by atoms with E-state index in [1.54, 1.807) is 0 Å². The van der Waals surface area contributed by atoms with E-state index in [1.807, 2.05) is 24.3 Å². The second-order valence-electron chi connectivity index (χ2n) is 7.20. The van der Waals surface area contributed by atoms with Gasteiger partial charge in [0.15, 0.2) is 0 Å². The first-order valence-electron chi connectivity index (χ1n) is 8.93. The van der Waals surface area contributed by atoms with Gasteiger partial charge in [0.1, 0.15) is 0 Å². The Hall–Kier alpha value is -1.88. The zero-order chi connectivity index (χ0) is 17.0. The number of carbonyl (C=O) groups excluding carboxylic acids is 2. The number of carbonyl (C=O) groups is 2. The van der Waals surface area contributed by atoms with Crippen LogP contribution in [0.25, 0.3) is 0 Å². The SMILES string of the molecule is O=C(CC1(O)CCCC1)NCc1cccc(NC(=O)C2CCC2)c1. The minimum absolute atomic E-state index is 0.0888. The predicted molar refractivity (Wildman–Crippen MR) is 92.3 cm³/mol. The maximum absolute atomic E-state index is 12.0. The van der Waals surface area contributed by atoms with Gasteiger partial charge in [0.25, 0.3) is 0 Å². The van der Waals surface area contributed by atoms with E-state index >= 15 is 0 Å². The number of anilines is 1. The zero-order valence-corrected chi connectivity index (χ0v) is 14.0. The molecule has 0 atom stereocenters. The minimum atomic E-state index is -0.817. The lowest BCUT2D eigenvalue weighted by Crippen LogP contribution is -2.34. The van der Waals surface area contributed by atoms with Crippen LogP contribution >= 0.6 is 0 Å². The topological polar surface area (TPSA) is 78.4 Å². The van der Waals surface area contributed by atoms with Gasteiger partial charge in [-0.2, -0.15) is 0 Å². The second kappa shape index (κ2) is 7.34. The largest absolute Gasteiger partial charge is 0.389 e. The minimum Gasteiger partial charge on any atom is -0.389 e. The molecule has 3 rings (SSSR count). The van der Waals surface area contributed by atoms with Crippen LogP contribution in [-0.4, -0.2) is 22.5 Å². The van der Waals surface area contributed by atoms with Gasteiger partial charge in [-0.1, -0.05) is 31.4 Å². The third-order valence-corrected chi connectivity index (χ3v) is 5.18. The molecule has 1 aromatic rings. The molecule has 1 aromatic carbocycles. The average molecular weight is 330 g/mol. The van der Waals surface area contributed by atoms with Crippen LogP contribution in [0.3, 0.4) is 0 Å². The van der Waals surface area contributed by atoms with Crippen LogP contribution in [0.15, 0.2) is 24.3 Å². The van der Waals surface area contributed by atoms with E-state index in [9.17, 15) is 14.7 Å². The highest BCUT2D eigenvalue weighted by Crippen LogP contribution is 2.32. The van der Waals surface area contributed by atoms with Crippen LogP contribution in [0.5, 0.6) is 0 Å². The molecule has 5 heteroatoms. The summed E-state index contributed by atoms with van der Waals surface area (Å²) in [5, 5.41) is 16.1. The van der Waals surface area contributed by atoms with Crippen molar-refractivity contribution < 1.29 is 14.7 Å². The van der Waals surface area contributed by atoms with Crippen LogP contribution in [0.4, 0.5) is 5.69 Å². The first-order chi connectivity index (χ1) is 11.5. The summed E-state index contributed by atoms with van der Waals surface area (Å²) in [6.07, 6.45) is 6.67. The van der Waals surface area contributed by atoms with E-state index in [0.29, 0.717) is 19.4 Å². The van der Waals surface area contributed by atoms with E-state index in [-0.39, 0.29) is 24.2 Å². The molecule has 2 aliphatic carbocycles. The summed E-state index contributed by atoms with van der Waals surface area (Å²) in [4.78, 5) is 24.0. The molecule has 0 saturated heterocycles. The summed E-state index contributed by atoms with van der Waals surface area (Å²) in [5.41, 5.74) is 0.893. The van der Waals surface area contributed by atoms with E-state index in [2.05, 4.69) is 10.6 Å². The fourth-order valence-electron chi connectivity index (χ4n) is 3.45. The highest BCUT2D eigenvalue weighted by atomic mass is 16.3. The molecule has 2 amide bonds. The Kier molecular flexibility index (Phi) is 5.19. The smallest absolute Gasteiger partial charge is 0.227 e. The number of nitrogens with one attached hydrogen (secondary N) is 2. The molecule has 0 aromatic heterocycles.